The summed E-state index contributed by atoms with van der Waals surface area (Å²) in [6.07, 6.45) is -0.298. The van der Waals surface area contributed by atoms with Gasteiger partial charge in [0, 0.05) is 29.1 Å². The molecule has 0 aliphatic heterocycles. The quantitative estimate of drug-likeness (QED) is 0.420. The van der Waals surface area contributed by atoms with E-state index in [9.17, 15) is 18.0 Å². The van der Waals surface area contributed by atoms with Crippen LogP contribution in [-0.4, -0.2) is 29.4 Å². The summed E-state index contributed by atoms with van der Waals surface area (Å²) in [7, 11) is 0. The minimum absolute atomic E-state index is 0.0768. The zero-order valence-corrected chi connectivity index (χ0v) is 18.4. The summed E-state index contributed by atoms with van der Waals surface area (Å²) in [6, 6.07) is 13.4. The highest BCUT2D eigenvalue weighted by molar-refractivity contribution is 5.91. The molecule has 0 radical (unpaired) electrons. The molecule has 0 saturated heterocycles. The van der Waals surface area contributed by atoms with Crippen molar-refractivity contribution in [2.75, 3.05) is 5.73 Å². The maximum Gasteiger partial charge on any atom is 0.433 e. The summed E-state index contributed by atoms with van der Waals surface area (Å²) >= 11 is 0. The van der Waals surface area contributed by atoms with Crippen LogP contribution in [0.1, 0.15) is 16.8 Å². The van der Waals surface area contributed by atoms with E-state index in [4.69, 9.17) is 5.73 Å². The highest BCUT2D eigenvalue weighted by Crippen LogP contribution is 2.34. The SMILES string of the molecule is Cc1ccc(-c2cnn3c(=O)n(Cc4ccc(C(F)(F)F)nc4)nc3c2-c2ccc(N)nc2)cc1. The normalized spacial score (nSPS) is 11.8. The maximum absolute atomic E-state index is 13.1. The van der Waals surface area contributed by atoms with Crippen LogP contribution in [0.25, 0.3) is 27.9 Å². The first-order valence-corrected chi connectivity index (χ1v) is 10.5. The number of alkyl halides is 3. The predicted octanol–water partition coefficient (Wildman–Crippen LogP) is 3.97. The van der Waals surface area contributed by atoms with Gasteiger partial charge in [-0.25, -0.2) is 14.5 Å². The summed E-state index contributed by atoms with van der Waals surface area (Å²) in [4.78, 5) is 20.7. The van der Waals surface area contributed by atoms with Gasteiger partial charge >= 0.3 is 11.9 Å². The Hall–Kier alpha value is -4.54. The molecule has 0 atom stereocenters. The zero-order valence-electron chi connectivity index (χ0n) is 18.4. The van der Waals surface area contributed by atoms with Crippen molar-refractivity contribution >= 4 is 11.5 Å². The van der Waals surface area contributed by atoms with Crippen LogP contribution in [0.5, 0.6) is 0 Å². The Kier molecular flexibility index (Phi) is 5.31. The summed E-state index contributed by atoms with van der Waals surface area (Å²) in [5, 5.41) is 8.78. The van der Waals surface area contributed by atoms with Crippen molar-refractivity contribution in [3.8, 4) is 22.3 Å². The van der Waals surface area contributed by atoms with Crippen LogP contribution in [-0.2, 0) is 12.7 Å². The predicted molar refractivity (Wildman–Crippen MR) is 123 cm³/mol. The molecule has 0 fully saturated rings. The average Bonchev–Trinajstić information content (AvgIpc) is 3.14. The minimum atomic E-state index is -4.54. The molecule has 1 aromatic carbocycles. The molecule has 0 saturated carbocycles. The van der Waals surface area contributed by atoms with Gasteiger partial charge in [0.15, 0.2) is 5.65 Å². The molecular weight excluding hydrogens is 459 g/mol. The first-order chi connectivity index (χ1) is 16.7. The number of rotatable bonds is 4. The molecule has 0 bridgehead atoms. The molecule has 0 spiro atoms. The van der Waals surface area contributed by atoms with Crippen molar-refractivity contribution in [3.63, 3.8) is 0 Å². The summed E-state index contributed by atoms with van der Waals surface area (Å²) in [5.74, 6) is 0.341. The average molecular weight is 477 g/mol. The smallest absolute Gasteiger partial charge is 0.384 e. The molecule has 0 aliphatic carbocycles. The molecule has 11 heteroatoms. The van der Waals surface area contributed by atoms with Gasteiger partial charge in [0.1, 0.15) is 11.5 Å². The first kappa shape index (κ1) is 22.3. The second-order valence-corrected chi connectivity index (χ2v) is 8.00. The van der Waals surface area contributed by atoms with Gasteiger partial charge in [-0.2, -0.15) is 22.8 Å². The number of aryl methyl sites for hydroxylation is 1. The molecule has 176 valence electrons. The van der Waals surface area contributed by atoms with E-state index in [1.54, 1.807) is 24.5 Å². The summed E-state index contributed by atoms with van der Waals surface area (Å²) in [5.41, 5.74) is 8.86. The Morgan fingerprint density at radius 2 is 1.66 bits per heavy atom. The summed E-state index contributed by atoms with van der Waals surface area (Å²) in [6.45, 7) is 1.90. The summed E-state index contributed by atoms with van der Waals surface area (Å²) < 4.78 is 40.8. The number of nitrogens with zero attached hydrogens (tertiary/aromatic N) is 6. The lowest BCUT2D eigenvalue weighted by atomic mass is 9.97. The molecule has 5 rings (SSSR count). The molecule has 35 heavy (non-hydrogen) atoms. The third-order valence-corrected chi connectivity index (χ3v) is 5.50. The standard InChI is InChI=1S/C24H18F3N7O/c1-14-2-5-16(6-3-14)18-12-31-34-22(21(18)17-7-9-20(28)30-11-17)32-33(23(34)35)13-15-4-8-19(29-10-15)24(25,26)27/h2-12H,13H2,1H3,(H2,28,30). The van der Waals surface area contributed by atoms with Crippen molar-refractivity contribution in [1.82, 2.24) is 29.4 Å². The van der Waals surface area contributed by atoms with Crippen LogP contribution >= 0.6 is 0 Å². The fourth-order valence-electron chi connectivity index (χ4n) is 3.71. The molecule has 4 aromatic heterocycles. The highest BCUT2D eigenvalue weighted by Gasteiger charge is 2.32. The van der Waals surface area contributed by atoms with Crippen molar-refractivity contribution < 1.29 is 13.2 Å². The molecule has 4 heterocycles. The topological polar surface area (TPSA) is 104 Å². The number of nitrogen functional groups attached to an aromatic ring is 1. The van der Waals surface area contributed by atoms with Crippen LogP contribution in [0.4, 0.5) is 19.0 Å². The number of halogens is 3. The van der Waals surface area contributed by atoms with Crippen molar-refractivity contribution in [3.05, 3.63) is 94.4 Å². The van der Waals surface area contributed by atoms with Gasteiger partial charge < -0.3 is 5.73 Å². The fraction of sp³-hybridized carbons (Fsp3) is 0.125. The highest BCUT2D eigenvalue weighted by atomic mass is 19.4. The molecule has 0 unspecified atom stereocenters. The zero-order chi connectivity index (χ0) is 24.7. The van der Waals surface area contributed by atoms with Crippen LogP contribution in [0.15, 0.2) is 71.9 Å². The van der Waals surface area contributed by atoms with Crippen LogP contribution in [0.2, 0.25) is 0 Å². The Balaban J connectivity index is 1.66. The molecular formula is C24H18F3N7O. The second-order valence-electron chi connectivity index (χ2n) is 8.00. The van der Waals surface area contributed by atoms with Crippen molar-refractivity contribution in [1.29, 1.82) is 0 Å². The lowest BCUT2D eigenvalue weighted by Crippen LogP contribution is -2.23. The first-order valence-electron chi connectivity index (χ1n) is 10.5. The Morgan fingerprint density at radius 3 is 2.29 bits per heavy atom. The Morgan fingerprint density at radius 1 is 0.914 bits per heavy atom. The number of pyridine rings is 2. The number of benzene rings is 1. The van der Waals surface area contributed by atoms with Gasteiger partial charge in [0.05, 0.1) is 12.7 Å². The van der Waals surface area contributed by atoms with E-state index in [1.165, 1.54) is 6.07 Å². The van der Waals surface area contributed by atoms with Gasteiger partial charge in [-0.3, -0.25) is 4.98 Å². The second kappa shape index (κ2) is 8.35. The molecule has 0 aliphatic rings. The van der Waals surface area contributed by atoms with E-state index in [2.05, 4.69) is 20.2 Å². The molecule has 0 amide bonds. The van der Waals surface area contributed by atoms with Crippen LogP contribution < -0.4 is 11.4 Å². The lowest BCUT2D eigenvalue weighted by molar-refractivity contribution is -0.141. The number of nitrogens with two attached hydrogens (primary N) is 1. The third kappa shape index (κ3) is 4.23. The number of hydrogen-bond donors (Lipinski definition) is 1. The van der Waals surface area contributed by atoms with E-state index in [1.807, 2.05) is 31.2 Å². The van der Waals surface area contributed by atoms with E-state index in [0.29, 0.717) is 22.5 Å². The fourth-order valence-corrected chi connectivity index (χ4v) is 3.71. The largest absolute Gasteiger partial charge is 0.433 e. The van der Waals surface area contributed by atoms with Gasteiger partial charge in [-0.1, -0.05) is 35.9 Å². The van der Waals surface area contributed by atoms with Gasteiger partial charge in [0.2, 0.25) is 0 Å². The number of anilines is 1. The Bertz CT molecular complexity index is 1570. The molecule has 5 aromatic rings. The van der Waals surface area contributed by atoms with Crippen LogP contribution in [0.3, 0.4) is 0 Å². The van der Waals surface area contributed by atoms with Crippen molar-refractivity contribution in [2.24, 2.45) is 0 Å². The molecule has 2 N–H and O–H groups in total. The maximum atomic E-state index is 13.1. The van der Waals surface area contributed by atoms with Gasteiger partial charge in [-0.05, 0) is 36.2 Å². The van der Waals surface area contributed by atoms with Gasteiger partial charge in [0.25, 0.3) is 0 Å². The number of fused-ring (bicyclic) bond motifs is 1. The van der Waals surface area contributed by atoms with E-state index < -0.39 is 17.6 Å². The van der Waals surface area contributed by atoms with E-state index in [0.717, 1.165) is 38.2 Å². The molecule has 8 nitrogen and oxygen atoms in total. The van der Waals surface area contributed by atoms with Crippen LogP contribution in [0, 0.1) is 6.92 Å². The number of aromatic nitrogens is 6. The lowest BCUT2D eigenvalue weighted by Gasteiger charge is -2.10. The van der Waals surface area contributed by atoms with E-state index in [-0.39, 0.29) is 12.2 Å². The number of hydrogen-bond acceptors (Lipinski definition) is 6. The minimum Gasteiger partial charge on any atom is -0.384 e. The van der Waals surface area contributed by atoms with Crippen molar-refractivity contribution in [2.45, 2.75) is 19.6 Å². The Labute approximate surface area is 196 Å². The monoisotopic (exact) mass is 477 g/mol. The van der Waals surface area contributed by atoms with Gasteiger partial charge in [-0.15, -0.1) is 5.10 Å². The van der Waals surface area contributed by atoms with E-state index >= 15 is 0 Å². The third-order valence-electron chi connectivity index (χ3n) is 5.50.